The number of methoxy groups -OCH3 is 1. The molecule has 2 N–H and O–H groups in total. The highest BCUT2D eigenvalue weighted by atomic mass is 19.1. The van der Waals surface area contributed by atoms with Gasteiger partial charge in [0.25, 0.3) is 5.91 Å². The molecule has 2 aromatic heterocycles. The summed E-state index contributed by atoms with van der Waals surface area (Å²) in [5.74, 6) is -0.958. The first-order valence-corrected chi connectivity index (χ1v) is 13.1. The summed E-state index contributed by atoms with van der Waals surface area (Å²) in [6.45, 7) is 4.53. The van der Waals surface area contributed by atoms with Crippen molar-refractivity contribution in [2.24, 2.45) is 0 Å². The lowest BCUT2D eigenvalue weighted by atomic mass is 10.0. The highest BCUT2D eigenvalue weighted by Gasteiger charge is 2.29. The van der Waals surface area contributed by atoms with Gasteiger partial charge in [0.2, 0.25) is 0 Å². The molecular formula is C28H34F2N6O2. The monoisotopic (exact) mass is 524 g/mol. The minimum absolute atomic E-state index is 0.00735. The summed E-state index contributed by atoms with van der Waals surface area (Å²) < 4.78 is 36.2. The molecule has 3 aromatic rings. The number of nitrogens with one attached hydrogen (secondary N) is 2. The number of piperidine rings is 1. The maximum Gasteiger partial charge on any atom is 0.254 e. The van der Waals surface area contributed by atoms with Crippen LogP contribution in [0.5, 0.6) is 0 Å². The van der Waals surface area contributed by atoms with Gasteiger partial charge in [0, 0.05) is 69.1 Å². The number of halogens is 2. The van der Waals surface area contributed by atoms with Crippen molar-refractivity contribution in [1.29, 1.82) is 0 Å². The van der Waals surface area contributed by atoms with Crippen LogP contribution in [0.25, 0.3) is 16.8 Å². The van der Waals surface area contributed by atoms with Crippen LogP contribution in [0, 0.1) is 12.7 Å². The maximum absolute atomic E-state index is 14.9. The number of anilines is 1. The van der Waals surface area contributed by atoms with Gasteiger partial charge in [0.15, 0.2) is 0 Å². The third kappa shape index (κ3) is 6.19. The van der Waals surface area contributed by atoms with Crippen molar-refractivity contribution >= 4 is 11.6 Å². The van der Waals surface area contributed by atoms with E-state index in [0.717, 1.165) is 49.2 Å². The third-order valence-electron chi connectivity index (χ3n) is 7.14. The Bertz CT molecular complexity index is 1280. The van der Waals surface area contributed by atoms with Gasteiger partial charge in [-0.1, -0.05) is 0 Å². The Morgan fingerprint density at radius 1 is 1.16 bits per heavy atom. The number of ether oxygens (including phenoxy) is 1. The minimum atomic E-state index is -0.981. The molecule has 1 saturated carbocycles. The first-order chi connectivity index (χ1) is 18.4. The molecule has 8 nitrogen and oxygen atoms in total. The zero-order valence-corrected chi connectivity index (χ0v) is 21.8. The molecule has 3 heterocycles. The molecule has 0 spiro atoms. The molecule has 0 radical (unpaired) electrons. The number of aromatic nitrogens is 3. The van der Waals surface area contributed by atoms with Gasteiger partial charge in [-0.15, -0.1) is 0 Å². The molecular weight excluding hydrogens is 490 g/mol. The second-order valence-electron chi connectivity index (χ2n) is 10.2. The average Bonchev–Trinajstić information content (AvgIpc) is 3.57. The Kier molecular flexibility index (Phi) is 7.99. The second kappa shape index (κ2) is 11.6. The summed E-state index contributed by atoms with van der Waals surface area (Å²) in [5.41, 5.74) is 3.66. The van der Waals surface area contributed by atoms with Gasteiger partial charge < -0.3 is 20.3 Å². The van der Waals surface area contributed by atoms with Gasteiger partial charge in [-0.05, 0) is 56.4 Å². The number of benzene rings is 1. The van der Waals surface area contributed by atoms with Crippen molar-refractivity contribution in [3.8, 4) is 16.8 Å². The Labute approximate surface area is 221 Å². The Balaban J connectivity index is 1.28. The number of rotatable bonds is 10. The highest BCUT2D eigenvalue weighted by molar-refractivity contribution is 5.95. The summed E-state index contributed by atoms with van der Waals surface area (Å²) in [5, 5.41) is 10.6. The largest absolute Gasteiger partial charge is 0.385 e. The van der Waals surface area contributed by atoms with Crippen LogP contribution >= 0.6 is 0 Å². The zero-order valence-electron chi connectivity index (χ0n) is 21.8. The van der Waals surface area contributed by atoms with Gasteiger partial charge in [-0.25, -0.2) is 13.5 Å². The van der Waals surface area contributed by atoms with Crippen LogP contribution in [0.4, 0.5) is 14.5 Å². The van der Waals surface area contributed by atoms with E-state index in [9.17, 15) is 13.6 Å². The van der Waals surface area contributed by atoms with Crippen LogP contribution in [0.15, 0.2) is 43.0 Å². The Morgan fingerprint density at radius 3 is 2.76 bits per heavy atom. The molecule has 0 bridgehead atoms. The quantitative estimate of drug-likeness (QED) is 0.388. The van der Waals surface area contributed by atoms with E-state index in [2.05, 4.69) is 25.6 Å². The topological polar surface area (TPSA) is 84.3 Å². The molecule has 1 aliphatic heterocycles. The van der Waals surface area contributed by atoms with Crippen molar-refractivity contribution in [3.63, 3.8) is 0 Å². The van der Waals surface area contributed by atoms with E-state index < -0.39 is 17.9 Å². The van der Waals surface area contributed by atoms with Crippen LogP contribution in [-0.2, 0) is 4.74 Å². The van der Waals surface area contributed by atoms with Crippen molar-refractivity contribution in [2.75, 3.05) is 38.7 Å². The molecule has 2 aliphatic rings. The molecule has 1 amide bonds. The average molecular weight is 525 g/mol. The molecule has 5 rings (SSSR count). The molecule has 0 unspecified atom stereocenters. The Morgan fingerprint density at radius 2 is 2.00 bits per heavy atom. The lowest BCUT2D eigenvalue weighted by Crippen LogP contribution is -2.48. The summed E-state index contributed by atoms with van der Waals surface area (Å²) in [4.78, 5) is 19.0. The van der Waals surface area contributed by atoms with Crippen molar-refractivity contribution < 1.29 is 18.3 Å². The number of hydrogen-bond donors (Lipinski definition) is 2. The van der Waals surface area contributed by atoms with E-state index >= 15 is 0 Å². The number of pyridine rings is 1. The number of alkyl halides is 1. The summed E-state index contributed by atoms with van der Waals surface area (Å²) in [6.07, 6.45) is 9.41. The smallest absolute Gasteiger partial charge is 0.254 e. The zero-order chi connectivity index (χ0) is 26.6. The molecule has 1 aromatic carbocycles. The number of nitrogens with zero attached hydrogens (tertiary/aromatic N) is 4. The fraction of sp³-hybridized carbons (Fsp3) is 0.464. The fourth-order valence-corrected chi connectivity index (χ4v) is 4.83. The third-order valence-corrected chi connectivity index (χ3v) is 7.14. The van der Waals surface area contributed by atoms with Gasteiger partial charge in [0.1, 0.15) is 12.0 Å². The molecule has 10 heteroatoms. The highest BCUT2D eigenvalue weighted by Crippen LogP contribution is 2.27. The number of aryl methyl sites for hydroxylation is 1. The minimum Gasteiger partial charge on any atom is -0.385 e. The van der Waals surface area contributed by atoms with Crippen LogP contribution in [0.1, 0.15) is 41.6 Å². The van der Waals surface area contributed by atoms with Crippen molar-refractivity contribution in [1.82, 2.24) is 25.0 Å². The fourth-order valence-electron chi connectivity index (χ4n) is 4.83. The summed E-state index contributed by atoms with van der Waals surface area (Å²) in [6, 6.07) is 4.69. The van der Waals surface area contributed by atoms with Crippen LogP contribution in [0.2, 0.25) is 0 Å². The molecule has 202 valence electrons. The van der Waals surface area contributed by atoms with E-state index in [1.807, 2.05) is 12.3 Å². The van der Waals surface area contributed by atoms with Crippen LogP contribution < -0.4 is 10.6 Å². The predicted octanol–water partition coefficient (Wildman–Crippen LogP) is 4.13. The lowest BCUT2D eigenvalue weighted by Gasteiger charge is -2.35. The number of hydrogen-bond acceptors (Lipinski definition) is 6. The lowest BCUT2D eigenvalue weighted by molar-refractivity contribution is 0.0947. The SMILES string of the molecule is COCCCN1CC[C@H](Nc2cncc(-c3cnn(-c4cc(C(=O)NC5CC5)c(F)cc4C)c3)c2)[C@H](F)C1. The van der Waals surface area contributed by atoms with Gasteiger partial charge >= 0.3 is 0 Å². The van der Waals surface area contributed by atoms with E-state index in [1.54, 1.807) is 43.4 Å². The van der Waals surface area contributed by atoms with Crippen molar-refractivity contribution in [2.45, 2.75) is 50.9 Å². The first kappa shape index (κ1) is 26.2. The number of carbonyl (C=O) groups excluding carboxylic acids is 1. The van der Waals surface area contributed by atoms with Gasteiger partial charge in [0.05, 0.1) is 29.2 Å². The molecule has 38 heavy (non-hydrogen) atoms. The van der Waals surface area contributed by atoms with Gasteiger partial charge in [-0.2, -0.15) is 5.10 Å². The van der Waals surface area contributed by atoms with Crippen molar-refractivity contribution in [3.05, 3.63) is 59.9 Å². The predicted molar refractivity (Wildman–Crippen MR) is 142 cm³/mol. The standard InChI is InChI=1S/C28H34F2N6O2/c1-18-10-24(29)23(28(37)34-21-4-5-21)12-27(18)36-16-20(14-32-36)19-11-22(15-31-13-19)33-26-6-8-35(17-25(26)30)7-3-9-38-2/h10-16,21,25-26,33H,3-9,17H2,1-2H3,(H,34,37)/t25-,26+/m1/s1. The van der Waals surface area contributed by atoms with Gasteiger partial charge in [-0.3, -0.25) is 9.78 Å². The molecule has 1 aliphatic carbocycles. The first-order valence-electron chi connectivity index (χ1n) is 13.1. The molecule has 2 atom stereocenters. The van der Waals surface area contributed by atoms with Crippen LogP contribution in [-0.4, -0.2) is 77.2 Å². The molecule has 2 fully saturated rings. The number of likely N-dealkylation sites (tertiary alicyclic amines) is 1. The second-order valence-corrected chi connectivity index (χ2v) is 10.2. The normalized spacial score (nSPS) is 19.9. The number of carbonyl (C=O) groups is 1. The van der Waals surface area contributed by atoms with E-state index in [1.165, 1.54) is 6.07 Å². The van der Waals surface area contributed by atoms with E-state index in [4.69, 9.17) is 4.74 Å². The maximum atomic E-state index is 14.9. The molecule has 1 saturated heterocycles. The summed E-state index contributed by atoms with van der Waals surface area (Å²) >= 11 is 0. The number of amides is 1. The van der Waals surface area contributed by atoms with E-state index in [0.29, 0.717) is 30.8 Å². The van der Waals surface area contributed by atoms with E-state index in [-0.39, 0.29) is 17.6 Å². The Hall–Kier alpha value is -3.37. The van der Waals surface area contributed by atoms with Crippen LogP contribution in [0.3, 0.4) is 0 Å². The summed E-state index contributed by atoms with van der Waals surface area (Å²) in [7, 11) is 1.68.